The van der Waals surface area contributed by atoms with Crippen LogP contribution in [0.5, 0.6) is 0 Å². The summed E-state index contributed by atoms with van der Waals surface area (Å²) in [5.74, 6) is -0.360. The maximum absolute atomic E-state index is 11.7. The molecule has 1 aromatic rings. The van der Waals surface area contributed by atoms with Gasteiger partial charge in [-0.25, -0.2) is 4.98 Å². The highest BCUT2D eigenvalue weighted by Crippen LogP contribution is 2.05. The van der Waals surface area contributed by atoms with E-state index in [0.29, 0.717) is 16.8 Å². The molecule has 1 aromatic heterocycles. The summed E-state index contributed by atoms with van der Waals surface area (Å²) in [6.45, 7) is 4.08. The number of carbonyl (C=O) groups is 2. The third-order valence-electron chi connectivity index (χ3n) is 2.04. The van der Waals surface area contributed by atoms with E-state index >= 15 is 0 Å². The van der Waals surface area contributed by atoms with Crippen LogP contribution >= 0.6 is 15.9 Å². The van der Waals surface area contributed by atoms with Crippen LogP contribution in [-0.4, -0.2) is 29.4 Å². The van der Waals surface area contributed by atoms with E-state index in [9.17, 15) is 9.59 Å². The van der Waals surface area contributed by atoms with Gasteiger partial charge in [0.05, 0.1) is 0 Å². The molecule has 0 saturated heterocycles. The topological polar surface area (TPSA) is 71.1 Å². The van der Waals surface area contributed by atoms with Crippen LogP contribution in [0.1, 0.15) is 30.8 Å². The van der Waals surface area contributed by atoms with E-state index in [4.69, 9.17) is 0 Å². The molecule has 0 aliphatic heterocycles. The van der Waals surface area contributed by atoms with Gasteiger partial charge in [0, 0.05) is 19.0 Å². The fourth-order valence-electron chi connectivity index (χ4n) is 1.31. The average molecular weight is 314 g/mol. The van der Waals surface area contributed by atoms with Gasteiger partial charge in [0.15, 0.2) is 0 Å². The van der Waals surface area contributed by atoms with Gasteiger partial charge in [-0.1, -0.05) is 6.07 Å². The Hall–Kier alpha value is -1.43. The number of amides is 2. The smallest absolute Gasteiger partial charge is 0.269 e. The molecule has 0 fully saturated rings. The second kappa shape index (κ2) is 7.10. The SMILES string of the molecule is CC(C)NC(=O)CCNC(=O)c1cccc(Br)n1. The summed E-state index contributed by atoms with van der Waals surface area (Å²) >= 11 is 3.19. The van der Waals surface area contributed by atoms with Crippen LogP contribution in [0.15, 0.2) is 22.8 Å². The molecule has 1 rings (SSSR count). The molecular weight excluding hydrogens is 298 g/mol. The van der Waals surface area contributed by atoms with Gasteiger partial charge in [0.2, 0.25) is 5.91 Å². The molecule has 0 aliphatic carbocycles. The minimum Gasteiger partial charge on any atom is -0.354 e. The van der Waals surface area contributed by atoms with Gasteiger partial charge < -0.3 is 10.6 Å². The summed E-state index contributed by atoms with van der Waals surface area (Å²) in [5.41, 5.74) is 0.327. The second-order valence-electron chi connectivity index (χ2n) is 4.07. The lowest BCUT2D eigenvalue weighted by Crippen LogP contribution is -2.34. The summed E-state index contributed by atoms with van der Waals surface area (Å²) in [6, 6.07) is 5.21. The van der Waals surface area contributed by atoms with Crippen molar-refractivity contribution in [2.24, 2.45) is 0 Å². The Bertz CT molecular complexity index is 435. The van der Waals surface area contributed by atoms with Crippen molar-refractivity contribution in [2.75, 3.05) is 6.54 Å². The molecule has 0 aromatic carbocycles. The Labute approximate surface area is 114 Å². The van der Waals surface area contributed by atoms with Crippen LogP contribution in [0.25, 0.3) is 0 Å². The van der Waals surface area contributed by atoms with Gasteiger partial charge in [-0.3, -0.25) is 9.59 Å². The van der Waals surface area contributed by atoms with E-state index < -0.39 is 0 Å². The molecule has 6 heteroatoms. The monoisotopic (exact) mass is 313 g/mol. The Balaban J connectivity index is 2.36. The van der Waals surface area contributed by atoms with Crippen LogP contribution in [-0.2, 0) is 4.79 Å². The summed E-state index contributed by atoms with van der Waals surface area (Å²) in [4.78, 5) is 27.0. The maximum Gasteiger partial charge on any atom is 0.269 e. The van der Waals surface area contributed by atoms with E-state index in [1.807, 2.05) is 13.8 Å². The number of hydrogen-bond acceptors (Lipinski definition) is 3. The van der Waals surface area contributed by atoms with E-state index in [1.54, 1.807) is 18.2 Å². The molecule has 0 saturated carbocycles. The Morgan fingerprint density at radius 1 is 1.39 bits per heavy atom. The van der Waals surface area contributed by atoms with Crippen molar-refractivity contribution in [3.05, 3.63) is 28.5 Å². The molecule has 98 valence electrons. The first-order valence-corrected chi connectivity index (χ1v) is 6.48. The number of hydrogen-bond donors (Lipinski definition) is 2. The molecule has 2 amide bonds. The first kappa shape index (κ1) is 14.6. The molecule has 0 radical (unpaired) electrons. The molecule has 0 spiro atoms. The number of pyridine rings is 1. The van der Waals surface area contributed by atoms with Gasteiger partial charge in [-0.2, -0.15) is 0 Å². The minimum absolute atomic E-state index is 0.0764. The average Bonchev–Trinajstić information content (AvgIpc) is 2.27. The molecule has 0 bridgehead atoms. The van der Waals surface area contributed by atoms with Crippen molar-refractivity contribution in [3.8, 4) is 0 Å². The lowest BCUT2D eigenvalue weighted by atomic mass is 10.3. The number of carbonyl (C=O) groups excluding carboxylic acids is 2. The molecule has 0 aliphatic rings. The predicted octanol–water partition coefficient (Wildman–Crippen LogP) is 1.49. The Morgan fingerprint density at radius 2 is 2.11 bits per heavy atom. The third-order valence-corrected chi connectivity index (χ3v) is 2.48. The van der Waals surface area contributed by atoms with Crippen molar-refractivity contribution in [3.63, 3.8) is 0 Å². The van der Waals surface area contributed by atoms with Crippen molar-refractivity contribution < 1.29 is 9.59 Å². The maximum atomic E-state index is 11.7. The zero-order valence-electron chi connectivity index (χ0n) is 10.4. The molecule has 1 heterocycles. The highest BCUT2D eigenvalue weighted by atomic mass is 79.9. The van der Waals surface area contributed by atoms with E-state index in [2.05, 4.69) is 31.5 Å². The zero-order chi connectivity index (χ0) is 13.5. The first-order chi connectivity index (χ1) is 8.49. The van der Waals surface area contributed by atoms with Crippen LogP contribution in [0.3, 0.4) is 0 Å². The normalized spacial score (nSPS) is 10.2. The van der Waals surface area contributed by atoms with Crippen molar-refractivity contribution in [1.29, 1.82) is 0 Å². The molecular formula is C12H16BrN3O2. The number of nitrogens with zero attached hydrogens (tertiary/aromatic N) is 1. The highest BCUT2D eigenvalue weighted by molar-refractivity contribution is 9.10. The standard InChI is InChI=1S/C12H16BrN3O2/c1-8(2)15-11(17)6-7-14-12(18)9-4-3-5-10(13)16-9/h3-5,8H,6-7H2,1-2H3,(H,14,18)(H,15,17). The third kappa shape index (κ3) is 5.27. The molecule has 2 N–H and O–H groups in total. The van der Waals surface area contributed by atoms with Crippen LogP contribution < -0.4 is 10.6 Å². The largest absolute Gasteiger partial charge is 0.354 e. The van der Waals surface area contributed by atoms with Gasteiger partial charge in [0.1, 0.15) is 10.3 Å². The fraction of sp³-hybridized carbons (Fsp3) is 0.417. The van der Waals surface area contributed by atoms with E-state index in [-0.39, 0.29) is 24.3 Å². The molecule has 0 unspecified atom stereocenters. The lowest BCUT2D eigenvalue weighted by molar-refractivity contribution is -0.121. The van der Waals surface area contributed by atoms with Crippen LogP contribution in [0.2, 0.25) is 0 Å². The Morgan fingerprint density at radius 3 is 2.72 bits per heavy atom. The Kier molecular flexibility index (Phi) is 5.77. The van der Waals surface area contributed by atoms with Gasteiger partial charge in [-0.05, 0) is 41.9 Å². The molecule has 0 atom stereocenters. The summed E-state index contributed by atoms with van der Waals surface area (Å²) in [7, 11) is 0. The van der Waals surface area contributed by atoms with Gasteiger partial charge in [-0.15, -0.1) is 0 Å². The summed E-state index contributed by atoms with van der Waals surface area (Å²) in [6.07, 6.45) is 0.262. The van der Waals surface area contributed by atoms with Gasteiger partial charge >= 0.3 is 0 Å². The number of aromatic nitrogens is 1. The first-order valence-electron chi connectivity index (χ1n) is 5.69. The molecule has 18 heavy (non-hydrogen) atoms. The number of nitrogens with one attached hydrogen (secondary N) is 2. The van der Waals surface area contributed by atoms with E-state index in [0.717, 1.165) is 0 Å². The van der Waals surface area contributed by atoms with Crippen molar-refractivity contribution in [1.82, 2.24) is 15.6 Å². The molecule has 5 nitrogen and oxygen atoms in total. The zero-order valence-corrected chi connectivity index (χ0v) is 12.0. The van der Waals surface area contributed by atoms with Gasteiger partial charge in [0.25, 0.3) is 5.91 Å². The van der Waals surface area contributed by atoms with Crippen molar-refractivity contribution >= 4 is 27.7 Å². The number of rotatable bonds is 5. The number of halogens is 1. The summed E-state index contributed by atoms with van der Waals surface area (Å²) < 4.78 is 0.604. The quantitative estimate of drug-likeness (QED) is 0.809. The second-order valence-corrected chi connectivity index (χ2v) is 4.89. The minimum atomic E-state index is -0.284. The van der Waals surface area contributed by atoms with E-state index in [1.165, 1.54) is 0 Å². The summed E-state index contributed by atoms with van der Waals surface area (Å²) in [5, 5.41) is 5.40. The lowest BCUT2D eigenvalue weighted by Gasteiger charge is -2.08. The predicted molar refractivity (Wildman–Crippen MR) is 72.2 cm³/mol. The van der Waals surface area contributed by atoms with Crippen LogP contribution in [0.4, 0.5) is 0 Å². The van der Waals surface area contributed by atoms with Crippen molar-refractivity contribution in [2.45, 2.75) is 26.3 Å². The van der Waals surface area contributed by atoms with Crippen LogP contribution in [0, 0.1) is 0 Å². The highest BCUT2D eigenvalue weighted by Gasteiger charge is 2.08. The fourth-order valence-corrected chi connectivity index (χ4v) is 1.65.